The molecule has 0 atom stereocenters. The largest absolute Gasteiger partial charge is 0.504 e. The number of nitrogens with one attached hydrogen (secondary N) is 2. The predicted octanol–water partition coefficient (Wildman–Crippen LogP) is 0.536. The zero-order valence-corrected chi connectivity index (χ0v) is 10.1. The molecule has 8 heteroatoms. The van der Waals surface area contributed by atoms with E-state index in [1.165, 1.54) is 13.2 Å². The Hall–Kier alpha value is -2.77. The van der Waals surface area contributed by atoms with Gasteiger partial charge in [0, 0.05) is 0 Å². The number of rotatable bonds is 5. The van der Waals surface area contributed by atoms with E-state index in [1.807, 2.05) is 0 Å². The quantitative estimate of drug-likeness (QED) is 0.727. The van der Waals surface area contributed by atoms with Gasteiger partial charge >= 0.3 is 6.01 Å². The highest BCUT2D eigenvalue weighted by molar-refractivity contribution is 5.90. The predicted molar refractivity (Wildman–Crippen MR) is 65.2 cm³/mol. The number of phenols is 1. The Bertz CT molecular complexity index is 569. The molecule has 2 rings (SSSR count). The molecule has 0 aliphatic carbocycles. The lowest BCUT2D eigenvalue weighted by molar-refractivity contribution is -0.118. The van der Waals surface area contributed by atoms with Crippen molar-refractivity contribution in [3.05, 3.63) is 24.3 Å². The normalized spacial score (nSPS) is 9.95. The fourth-order valence-corrected chi connectivity index (χ4v) is 1.28. The number of methoxy groups -OCH3 is 1. The van der Waals surface area contributed by atoms with Crippen molar-refractivity contribution >= 4 is 11.9 Å². The summed E-state index contributed by atoms with van der Waals surface area (Å²) in [6.07, 6.45) is 0. The van der Waals surface area contributed by atoms with Crippen molar-refractivity contribution in [3.8, 4) is 17.5 Å². The molecule has 0 saturated carbocycles. The lowest BCUT2D eigenvalue weighted by Gasteiger charge is -2.06. The van der Waals surface area contributed by atoms with Gasteiger partial charge in [0.15, 0.2) is 18.1 Å². The first-order chi connectivity index (χ1) is 9.19. The first kappa shape index (κ1) is 12.7. The molecule has 3 N–H and O–H groups in total. The minimum absolute atomic E-state index is 0.0309. The molecule has 2 aromatic rings. The Kier molecular flexibility index (Phi) is 3.81. The molecule has 0 radical (unpaired) electrons. The number of amides is 1. The summed E-state index contributed by atoms with van der Waals surface area (Å²) in [4.78, 5) is 15.4. The lowest BCUT2D eigenvalue weighted by Crippen LogP contribution is -2.20. The van der Waals surface area contributed by atoms with Gasteiger partial charge in [-0.1, -0.05) is 12.1 Å². The molecule has 0 aliphatic rings. The minimum Gasteiger partial charge on any atom is -0.504 e. The van der Waals surface area contributed by atoms with Crippen molar-refractivity contribution in [2.75, 3.05) is 19.0 Å². The summed E-state index contributed by atoms with van der Waals surface area (Å²) in [6.45, 7) is -0.263. The molecule has 1 aromatic carbocycles. The monoisotopic (exact) mass is 264 g/mol. The summed E-state index contributed by atoms with van der Waals surface area (Å²) in [5, 5.41) is 18.0. The number of para-hydroxylation sites is 2. The highest BCUT2D eigenvalue weighted by atomic mass is 16.5. The van der Waals surface area contributed by atoms with Gasteiger partial charge in [0.1, 0.15) is 0 Å². The number of aromatic hydroxyl groups is 1. The number of hydrogen-bond acceptors (Lipinski definition) is 6. The number of hydrogen-bond donors (Lipinski definition) is 3. The SMILES string of the molecule is COc1n[nH]c(NC(=O)COc2ccccc2O)n1. The number of H-pyrrole nitrogens is 1. The van der Waals surface area contributed by atoms with Crippen LogP contribution in [0.4, 0.5) is 5.95 Å². The number of aromatic nitrogens is 3. The van der Waals surface area contributed by atoms with Crippen LogP contribution in [-0.4, -0.2) is 39.9 Å². The number of benzene rings is 1. The minimum atomic E-state index is -0.443. The molecule has 19 heavy (non-hydrogen) atoms. The van der Waals surface area contributed by atoms with Gasteiger partial charge in [-0.15, -0.1) is 5.10 Å². The molecule has 0 spiro atoms. The van der Waals surface area contributed by atoms with Crippen LogP contribution in [0.25, 0.3) is 0 Å². The van der Waals surface area contributed by atoms with Gasteiger partial charge in [0.25, 0.3) is 5.91 Å². The van der Waals surface area contributed by atoms with Crippen LogP contribution in [0, 0.1) is 0 Å². The third-order valence-electron chi connectivity index (χ3n) is 2.13. The molecule has 0 aliphatic heterocycles. The van der Waals surface area contributed by atoms with Crippen molar-refractivity contribution in [2.45, 2.75) is 0 Å². The number of carbonyl (C=O) groups excluding carboxylic acids is 1. The van der Waals surface area contributed by atoms with Gasteiger partial charge in [-0.05, 0) is 12.1 Å². The van der Waals surface area contributed by atoms with E-state index in [0.717, 1.165) is 0 Å². The van der Waals surface area contributed by atoms with E-state index in [9.17, 15) is 9.90 Å². The van der Waals surface area contributed by atoms with Gasteiger partial charge in [0.05, 0.1) is 7.11 Å². The summed E-state index contributed by atoms with van der Waals surface area (Å²) in [5.41, 5.74) is 0. The summed E-state index contributed by atoms with van der Waals surface area (Å²) in [7, 11) is 1.41. The van der Waals surface area contributed by atoms with E-state index in [2.05, 4.69) is 20.5 Å². The second kappa shape index (κ2) is 5.71. The summed E-state index contributed by atoms with van der Waals surface area (Å²) < 4.78 is 9.90. The van der Waals surface area contributed by atoms with Gasteiger partial charge in [-0.3, -0.25) is 10.1 Å². The molecular weight excluding hydrogens is 252 g/mol. The second-order valence-corrected chi connectivity index (χ2v) is 3.48. The van der Waals surface area contributed by atoms with Crippen molar-refractivity contribution in [1.82, 2.24) is 15.2 Å². The van der Waals surface area contributed by atoms with Crippen LogP contribution in [0.3, 0.4) is 0 Å². The third-order valence-corrected chi connectivity index (χ3v) is 2.13. The van der Waals surface area contributed by atoms with Crippen molar-refractivity contribution in [2.24, 2.45) is 0 Å². The average Bonchev–Trinajstić information content (AvgIpc) is 2.85. The van der Waals surface area contributed by atoms with Gasteiger partial charge in [-0.25, -0.2) is 5.10 Å². The maximum absolute atomic E-state index is 11.5. The third kappa shape index (κ3) is 3.35. The zero-order chi connectivity index (χ0) is 13.7. The molecule has 1 heterocycles. The van der Waals surface area contributed by atoms with Crippen LogP contribution >= 0.6 is 0 Å². The van der Waals surface area contributed by atoms with E-state index < -0.39 is 5.91 Å². The van der Waals surface area contributed by atoms with Gasteiger partial charge in [-0.2, -0.15) is 4.98 Å². The number of anilines is 1. The molecule has 8 nitrogen and oxygen atoms in total. The Morgan fingerprint density at radius 2 is 2.26 bits per heavy atom. The molecule has 1 aromatic heterocycles. The summed E-state index contributed by atoms with van der Waals surface area (Å²) in [5.74, 6) is -0.0887. The fourth-order valence-electron chi connectivity index (χ4n) is 1.28. The molecular formula is C11H12N4O4. The van der Waals surface area contributed by atoms with Crippen LogP contribution in [-0.2, 0) is 4.79 Å². The van der Waals surface area contributed by atoms with Crippen LogP contribution in [0.1, 0.15) is 0 Å². The molecule has 0 bridgehead atoms. The Labute approximate surface area is 108 Å². The zero-order valence-electron chi connectivity index (χ0n) is 10.1. The number of carbonyl (C=O) groups is 1. The lowest BCUT2D eigenvalue weighted by atomic mass is 10.3. The topological polar surface area (TPSA) is 109 Å². The van der Waals surface area contributed by atoms with E-state index in [0.29, 0.717) is 0 Å². The number of aromatic amines is 1. The molecule has 100 valence electrons. The maximum atomic E-state index is 11.5. The van der Waals surface area contributed by atoms with Crippen LogP contribution in [0.15, 0.2) is 24.3 Å². The average molecular weight is 264 g/mol. The second-order valence-electron chi connectivity index (χ2n) is 3.48. The van der Waals surface area contributed by atoms with Crippen LogP contribution in [0.2, 0.25) is 0 Å². The summed E-state index contributed by atoms with van der Waals surface area (Å²) in [6, 6.07) is 6.49. The Balaban J connectivity index is 1.86. The number of phenolic OH excluding ortho intramolecular Hbond substituents is 1. The fraction of sp³-hybridized carbons (Fsp3) is 0.182. The smallest absolute Gasteiger partial charge is 0.336 e. The highest BCUT2D eigenvalue weighted by Crippen LogP contribution is 2.24. The summed E-state index contributed by atoms with van der Waals surface area (Å²) >= 11 is 0. The maximum Gasteiger partial charge on any atom is 0.336 e. The van der Waals surface area contributed by atoms with Crippen molar-refractivity contribution in [3.63, 3.8) is 0 Å². The molecule has 0 fully saturated rings. The standard InChI is InChI=1S/C11H12N4O4/c1-18-11-13-10(14-15-11)12-9(17)6-19-8-5-3-2-4-7(8)16/h2-5,16H,6H2,1H3,(H2,12,13,14,15,17). The van der Waals surface area contributed by atoms with Crippen LogP contribution in [0.5, 0.6) is 17.5 Å². The molecule has 1 amide bonds. The van der Waals surface area contributed by atoms with Crippen LogP contribution < -0.4 is 14.8 Å². The van der Waals surface area contributed by atoms with Crippen molar-refractivity contribution in [1.29, 1.82) is 0 Å². The first-order valence-electron chi connectivity index (χ1n) is 5.36. The number of ether oxygens (including phenoxy) is 2. The van der Waals surface area contributed by atoms with Gasteiger partial charge < -0.3 is 14.6 Å². The van der Waals surface area contributed by atoms with E-state index in [-0.39, 0.29) is 30.1 Å². The molecule has 0 saturated heterocycles. The number of nitrogens with zero attached hydrogens (tertiary/aromatic N) is 2. The van der Waals surface area contributed by atoms with Crippen molar-refractivity contribution < 1.29 is 19.4 Å². The van der Waals surface area contributed by atoms with E-state index in [1.54, 1.807) is 18.2 Å². The molecule has 0 unspecified atom stereocenters. The van der Waals surface area contributed by atoms with E-state index >= 15 is 0 Å². The Morgan fingerprint density at radius 3 is 2.95 bits per heavy atom. The highest BCUT2D eigenvalue weighted by Gasteiger charge is 2.09. The Morgan fingerprint density at radius 1 is 1.47 bits per heavy atom. The van der Waals surface area contributed by atoms with Gasteiger partial charge in [0.2, 0.25) is 5.95 Å². The van der Waals surface area contributed by atoms with E-state index in [4.69, 9.17) is 9.47 Å². The first-order valence-corrected chi connectivity index (χ1v) is 5.36.